The number of pyridine rings is 1. The molecular formula is C20H26N4O2. The number of nitrogens with zero attached hydrogens (tertiary/aromatic N) is 4. The quantitative estimate of drug-likeness (QED) is 0.844. The van der Waals surface area contributed by atoms with Crippen molar-refractivity contribution in [3.8, 4) is 5.88 Å². The number of piperidine rings is 1. The zero-order valence-electron chi connectivity index (χ0n) is 15.7. The van der Waals surface area contributed by atoms with E-state index in [2.05, 4.69) is 36.0 Å². The van der Waals surface area contributed by atoms with Crippen molar-refractivity contribution >= 4 is 5.91 Å². The van der Waals surface area contributed by atoms with Gasteiger partial charge in [0.1, 0.15) is 0 Å². The first-order valence-corrected chi connectivity index (χ1v) is 9.10. The molecule has 2 aromatic rings. The average molecular weight is 354 g/mol. The number of likely N-dealkylation sites (tertiary alicyclic amines) is 1. The average Bonchev–Trinajstić information content (AvgIpc) is 2.66. The van der Waals surface area contributed by atoms with Gasteiger partial charge in [0.25, 0.3) is 5.91 Å². The molecular weight excluding hydrogens is 328 g/mol. The van der Waals surface area contributed by atoms with E-state index in [9.17, 15) is 4.79 Å². The summed E-state index contributed by atoms with van der Waals surface area (Å²) in [7, 11) is 0. The molecule has 0 unspecified atom stereocenters. The van der Waals surface area contributed by atoms with Gasteiger partial charge in [0.2, 0.25) is 5.88 Å². The molecule has 0 spiro atoms. The summed E-state index contributed by atoms with van der Waals surface area (Å²) in [4.78, 5) is 18.3. The van der Waals surface area contributed by atoms with E-state index in [4.69, 9.17) is 4.74 Å². The van der Waals surface area contributed by atoms with Crippen LogP contribution in [0.15, 0.2) is 36.7 Å². The lowest BCUT2D eigenvalue weighted by atomic mass is 9.92. The van der Waals surface area contributed by atoms with Crippen LogP contribution in [-0.4, -0.2) is 45.7 Å². The largest absolute Gasteiger partial charge is 0.476 e. The minimum Gasteiger partial charge on any atom is -0.476 e. The zero-order chi connectivity index (χ0) is 18.6. The van der Waals surface area contributed by atoms with Gasteiger partial charge >= 0.3 is 0 Å². The first kappa shape index (κ1) is 18.3. The lowest BCUT2D eigenvalue weighted by Crippen LogP contribution is -2.39. The Bertz CT molecular complexity index is 718. The summed E-state index contributed by atoms with van der Waals surface area (Å²) in [5.41, 5.74) is 1.59. The summed E-state index contributed by atoms with van der Waals surface area (Å²) in [5, 5.41) is 8.42. The molecule has 0 aromatic carbocycles. The van der Waals surface area contributed by atoms with E-state index < -0.39 is 0 Å². The maximum atomic E-state index is 12.4. The van der Waals surface area contributed by atoms with Gasteiger partial charge in [0.05, 0.1) is 17.9 Å². The molecule has 3 heterocycles. The Morgan fingerprint density at radius 2 is 1.96 bits per heavy atom. The van der Waals surface area contributed by atoms with E-state index in [0.717, 1.165) is 31.6 Å². The molecule has 1 amide bonds. The molecule has 0 bridgehead atoms. The second-order valence-corrected chi connectivity index (χ2v) is 7.80. The van der Waals surface area contributed by atoms with Crippen LogP contribution in [0.25, 0.3) is 0 Å². The van der Waals surface area contributed by atoms with Crippen LogP contribution < -0.4 is 4.74 Å². The fourth-order valence-electron chi connectivity index (χ4n) is 2.97. The normalized spacial score (nSPS) is 15.7. The molecule has 6 nitrogen and oxygen atoms in total. The van der Waals surface area contributed by atoms with Gasteiger partial charge in [-0.15, -0.1) is 5.10 Å². The molecule has 0 N–H and O–H groups in total. The van der Waals surface area contributed by atoms with Crippen molar-refractivity contribution in [2.45, 2.75) is 39.0 Å². The predicted octanol–water partition coefficient (Wildman–Crippen LogP) is 3.10. The second-order valence-electron chi connectivity index (χ2n) is 7.80. The summed E-state index contributed by atoms with van der Waals surface area (Å²) in [6, 6.07) is 7.45. The third-order valence-corrected chi connectivity index (χ3v) is 4.69. The number of carbonyl (C=O) groups is 1. The van der Waals surface area contributed by atoms with E-state index in [1.165, 1.54) is 0 Å². The predicted molar refractivity (Wildman–Crippen MR) is 99.1 cm³/mol. The van der Waals surface area contributed by atoms with Gasteiger partial charge in [-0.05, 0) is 37.0 Å². The molecule has 6 heteroatoms. The number of rotatable bonds is 4. The van der Waals surface area contributed by atoms with Crippen LogP contribution in [0.5, 0.6) is 5.88 Å². The molecule has 1 fully saturated rings. The van der Waals surface area contributed by atoms with Crippen molar-refractivity contribution in [2.75, 3.05) is 19.7 Å². The first-order valence-electron chi connectivity index (χ1n) is 9.10. The van der Waals surface area contributed by atoms with Crippen molar-refractivity contribution in [2.24, 2.45) is 5.92 Å². The molecule has 0 saturated carbocycles. The van der Waals surface area contributed by atoms with Crippen LogP contribution in [-0.2, 0) is 5.41 Å². The van der Waals surface area contributed by atoms with Crippen molar-refractivity contribution in [1.82, 2.24) is 20.1 Å². The highest BCUT2D eigenvalue weighted by atomic mass is 16.5. The third-order valence-electron chi connectivity index (χ3n) is 4.69. The van der Waals surface area contributed by atoms with Crippen molar-refractivity contribution < 1.29 is 9.53 Å². The number of carbonyl (C=O) groups excluding carboxylic acids is 1. The minimum absolute atomic E-state index is 0.0147. The molecule has 3 rings (SSSR count). The number of ether oxygens (including phenoxy) is 1. The molecule has 26 heavy (non-hydrogen) atoms. The van der Waals surface area contributed by atoms with Crippen LogP contribution in [0.4, 0.5) is 0 Å². The Morgan fingerprint density at radius 3 is 2.54 bits per heavy atom. The van der Waals surface area contributed by atoms with Gasteiger partial charge in [0.15, 0.2) is 0 Å². The van der Waals surface area contributed by atoms with Crippen molar-refractivity contribution in [3.05, 3.63) is 47.9 Å². The third kappa shape index (κ3) is 4.56. The standard InChI is InChI=1S/C20H26N4O2/c1-20(2,3)17-6-7-18(23-22-17)26-14-15-8-11-24(12-9-15)19(25)16-5-4-10-21-13-16/h4-7,10,13,15H,8-9,11-12,14H2,1-3H3. The minimum atomic E-state index is -0.0147. The highest BCUT2D eigenvalue weighted by molar-refractivity contribution is 5.93. The molecule has 0 radical (unpaired) electrons. The van der Waals surface area contributed by atoms with Crippen LogP contribution in [0.1, 0.15) is 49.7 Å². The number of amides is 1. The smallest absolute Gasteiger partial charge is 0.255 e. The summed E-state index contributed by atoms with van der Waals surface area (Å²) >= 11 is 0. The second kappa shape index (κ2) is 7.81. The van der Waals surface area contributed by atoms with Crippen LogP contribution >= 0.6 is 0 Å². The Hall–Kier alpha value is -2.50. The highest BCUT2D eigenvalue weighted by Gasteiger charge is 2.24. The van der Waals surface area contributed by atoms with Gasteiger partial charge in [-0.25, -0.2) is 0 Å². The van der Waals surface area contributed by atoms with E-state index in [1.54, 1.807) is 18.5 Å². The summed E-state index contributed by atoms with van der Waals surface area (Å²) in [6.45, 7) is 8.43. The summed E-state index contributed by atoms with van der Waals surface area (Å²) in [5.74, 6) is 1.05. The van der Waals surface area contributed by atoms with Gasteiger partial charge in [0, 0.05) is 37.0 Å². The van der Waals surface area contributed by atoms with Crippen LogP contribution in [0.2, 0.25) is 0 Å². The van der Waals surface area contributed by atoms with E-state index >= 15 is 0 Å². The fraction of sp³-hybridized carbons (Fsp3) is 0.500. The summed E-state index contributed by atoms with van der Waals surface area (Å²) < 4.78 is 5.81. The first-order chi connectivity index (χ1) is 12.4. The fourth-order valence-corrected chi connectivity index (χ4v) is 2.97. The van der Waals surface area contributed by atoms with Gasteiger partial charge < -0.3 is 9.64 Å². The Kier molecular flexibility index (Phi) is 5.49. The Labute approximate surface area is 154 Å². The molecule has 0 atom stereocenters. The highest BCUT2D eigenvalue weighted by Crippen LogP contribution is 2.22. The Morgan fingerprint density at radius 1 is 1.19 bits per heavy atom. The SMILES string of the molecule is CC(C)(C)c1ccc(OCC2CCN(C(=O)c3cccnc3)CC2)nn1. The molecule has 1 saturated heterocycles. The monoisotopic (exact) mass is 354 g/mol. The van der Waals surface area contributed by atoms with Gasteiger partial charge in [-0.2, -0.15) is 5.10 Å². The maximum absolute atomic E-state index is 12.4. The van der Waals surface area contributed by atoms with Crippen molar-refractivity contribution in [1.29, 1.82) is 0 Å². The summed E-state index contributed by atoms with van der Waals surface area (Å²) in [6.07, 6.45) is 5.16. The molecule has 138 valence electrons. The Balaban J connectivity index is 1.46. The molecule has 1 aliphatic rings. The van der Waals surface area contributed by atoms with E-state index in [-0.39, 0.29) is 11.3 Å². The van der Waals surface area contributed by atoms with E-state index in [0.29, 0.717) is 24.0 Å². The molecule has 0 aliphatic carbocycles. The molecule has 2 aromatic heterocycles. The van der Waals surface area contributed by atoms with Gasteiger partial charge in [-0.1, -0.05) is 20.8 Å². The van der Waals surface area contributed by atoms with Gasteiger partial charge in [-0.3, -0.25) is 9.78 Å². The zero-order valence-corrected chi connectivity index (χ0v) is 15.7. The number of aromatic nitrogens is 3. The van der Waals surface area contributed by atoms with Crippen molar-refractivity contribution in [3.63, 3.8) is 0 Å². The lowest BCUT2D eigenvalue weighted by molar-refractivity contribution is 0.0658. The van der Waals surface area contributed by atoms with Crippen LogP contribution in [0.3, 0.4) is 0 Å². The maximum Gasteiger partial charge on any atom is 0.255 e. The van der Waals surface area contributed by atoms with E-state index in [1.807, 2.05) is 23.1 Å². The number of hydrogen-bond donors (Lipinski definition) is 0. The van der Waals surface area contributed by atoms with Crippen LogP contribution in [0, 0.1) is 5.92 Å². The molecule has 1 aliphatic heterocycles. The number of hydrogen-bond acceptors (Lipinski definition) is 5. The lowest BCUT2D eigenvalue weighted by Gasteiger charge is -2.31. The topological polar surface area (TPSA) is 68.2 Å².